The van der Waals surface area contributed by atoms with Gasteiger partial charge in [0.2, 0.25) is 5.91 Å². The molecule has 1 unspecified atom stereocenters. The Bertz CT molecular complexity index is 164. The molecular formula is C10H20N2O. The highest BCUT2D eigenvalue weighted by Crippen LogP contribution is 2.09. The first-order valence-electron chi connectivity index (χ1n) is 5.25. The highest BCUT2D eigenvalue weighted by atomic mass is 16.2. The Morgan fingerprint density at radius 3 is 2.62 bits per heavy atom. The van der Waals surface area contributed by atoms with Crippen LogP contribution in [-0.2, 0) is 4.79 Å². The van der Waals surface area contributed by atoms with E-state index >= 15 is 0 Å². The molecule has 1 aliphatic heterocycles. The molecule has 1 heterocycles. The van der Waals surface area contributed by atoms with Crippen molar-refractivity contribution in [1.82, 2.24) is 10.2 Å². The molecule has 1 amide bonds. The summed E-state index contributed by atoms with van der Waals surface area (Å²) in [6, 6.07) is 0.318. The second-order valence-electron chi connectivity index (χ2n) is 3.75. The van der Waals surface area contributed by atoms with Crippen molar-refractivity contribution in [3.8, 4) is 0 Å². The molecule has 1 rings (SSSR count). The van der Waals surface area contributed by atoms with Gasteiger partial charge in [-0.15, -0.1) is 0 Å². The Hall–Kier alpha value is -0.570. The summed E-state index contributed by atoms with van der Waals surface area (Å²) in [7, 11) is 0. The molecule has 13 heavy (non-hydrogen) atoms. The minimum absolute atomic E-state index is 0.311. The fourth-order valence-electron chi connectivity index (χ4n) is 1.78. The lowest BCUT2D eigenvalue weighted by Gasteiger charge is -2.18. The van der Waals surface area contributed by atoms with Gasteiger partial charge in [-0.25, -0.2) is 0 Å². The second kappa shape index (κ2) is 5.22. The monoisotopic (exact) mass is 184 g/mol. The van der Waals surface area contributed by atoms with E-state index in [-0.39, 0.29) is 0 Å². The van der Waals surface area contributed by atoms with Crippen LogP contribution in [0.3, 0.4) is 0 Å². The van der Waals surface area contributed by atoms with Crippen LogP contribution in [0.4, 0.5) is 0 Å². The van der Waals surface area contributed by atoms with E-state index in [9.17, 15) is 4.79 Å². The summed E-state index contributed by atoms with van der Waals surface area (Å²) in [5, 5.41) is 3.25. The van der Waals surface area contributed by atoms with E-state index in [1.807, 2.05) is 4.90 Å². The van der Waals surface area contributed by atoms with Crippen molar-refractivity contribution < 1.29 is 4.79 Å². The Morgan fingerprint density at radius 2 is 2.08 bits per heavy atom. The topological polar surface area (TPSA) is 32.3 Å². The Morgan fingerprint density at radius 1 is 1.46 bits per heavy atom. The van der Waals surface area contributed by atoms with Crippen LogP contribution in [0.15, 0.2) is 0 Å². The van der Waals surface area contributed by atoms with Crippen molar-refractivity contribution >= 4 is 5.91 Å². The SMILES string of the molecule is CCNC(C)CC(=O)N1CCCC1. The Kier molecular flexibility index (Phi) is 4.22. The molecule has 1 aliphatic rings. The van der Waals surface area contributed by atoms with Crippen LogP contribution in [0.1, 0.15) is 33.1 Å². The van der Waals surface area contributed by atoms with Crippen molar-refractivity contribution in [1.29, 1.82) is 0 Å². The summed E-state index contributed by atoms with van der Waals surface area (Å²) in [6.07, 6.45) is 3.01. The largest absolute Gasteiger partial charge is 0.343 e. The molecule has 1 atom stereocenters. The molecule has 3 heteroatoms. The minimum Gasteiger partial charge on any atom is -0.343 e. The molecule has 0 aromatic carbocycles. The molecule has 0 aromatic heterocycles. The van der Waals surface area contributed by atoms with Gasteiger partial charge in [-0.05, 0) is 26.3 Å². The normalized spacial score (nSPS) is 19.1. The molecule has 0 aliphatic carbocycles. The van der Waals surface area contributed by atoms with Gasteiger partial charge in [0.05, 0.1) is 0 Å². The zero-order chi connectivity index (χ0) is 9.68. The number of likely N-dealkylation sites (tertiary alicyclic amines) is 1. The van der Waals surface area contributed by atoms with Gasteiger partial charge in [-0.2, -0.15) is 0 Å². The number of carbonyl (C=O) groups is 1. The number of hydrogen-bond acceptors (Lipinski definition) is 2. The van der Waals surface area contributed by atoms with Crippen LogP contribution in [-0.4, -0.2) is 36.5 Å². The van der Waals surface area contributed by atoms with Gasteiger partial charge in [-0.1, -0.05) is 6.92 Å². The maximum atomic E-state index is 11.6. The van der Waals surface area contributed by atoms with Crippen LogP contribution in [0, 0.1) is 0 Å². The molecule has 1 N–H and O–H groups in total. The fourth-order valence-corrected chi connectivity index (χ4v) is 1.78. The van der Waals surface area contributed by atoms with Gasteiger partial charge in [0.15, 0.2) is 0 Å². The average Bonchev–Trinajstić information content (AvgIpc) is 2.55. The van der Waals surface area contributed by atoms with Crippen molar-refractivity contribution in [2.45, 2.75) is 39.2 Å². The molecule has 0 spiro atoms. The fraction of sp³-hybridized carbons (Fsp3) is 0.900. The number of carbonyl (C=O) groups excluding carboxylic acids is 1. The van der Waals surface area contributed by atoms with Crippen molar-refractivity contribution in [3.05, 3.63) is 0 Å². The van der Waals surface area contributed by atoms with Gasteiger partial charge in [0.25, 0.3) is 0 Å². The number of nitrogens with one attached hydrogen (secondary N) is 1. The van der Waals surface area contributed by atoms with Crippen LogP contribution in [0.25, 0.3) is 0 Å². The summed E-state index contributed by atoms with van der Waals surface area (Å²) < 4.78 is 0. The number of rotatable bonds is 4. The first-order chi connectivity index (χ1) is 6.24. The lowest BCUT2D eigenvalue weighted by molar-refractivity contribution is -0.130. The van der Waals surface area contributed by atoms with E-state index < -0.39 is 0 Å². The van der Waals surface area contributed by atoms with Gasteiger partial charge in [-0.3, -0.25) is 4.79 Å². The first kappa shape index (κ1) is 10.5. The Labute approximate surface area is 80.5 Å². The van der Waals surface area contributed by atoms with Crippen molar-refractivity contribution in [2.75, 3.05) is 19.6 Å². The van der Waals surface area contributed by atoms with Gasteiger partial charge in [0.1, 0.15) is 0 Å². The third-order valence-electron chi connectivity index (χ3n) is 2.49. The van der Waals surface area contributed by atoms with Gasteiger partial charge in [0, 0.05) is 25.6 Å². The molecule has 0 radical (unpaired) electrons. The zero-order valence-corrected chi connectivity index (χ0v) is 8.68. The lowest BCUT2D eigenvalue weighted by atomic mass is 10.2. The first-order valence-corrected chi connectivity index (χ1v) is 5.25. The van der Waals surface area contributed by atoms with Crippen molar-refractivity contribution in [2.24, 2.45) is 0 Å². The molecule has 1 saturated heterocycles. The lowest BCUT2D eigenvalue weighted by Crippen LogP contribution is -2.35. The number of hydrogen-bond donors (Lipinski definition) is 1. The van der Waals surface area contributed by atoms with Gasteiger partial charge >= 0.3 is 0 Å². The summed E-state index contributed by atoms with van der Waals surface area (Å²) in [5.41, 5.74) is 0. The molecule has 3 nitrogen and oxygen atoms in total. The van der Waals surface area contributed by atoms with Crippen LogP contribution in [0.5, 0.6) is 0 Å². The molecule has 0 saturated carbocycles. The standard InChI is InChI=1S/C10H20N2O/c1-3-11-9(2)8-10(13)12-6-4-5-7-12/h9,11H,3-8H2,1-2H3. The molecular weight excluding hydrogens is 164 g/mol. The maximum Gasteiger partial charge on any atom is 0.224 e. The molecule has 76 valence electrons. The molecule has 1 fully saturated rings. The van der Waals surface area contributed by atoms with E-state index in [0.29, 0.717) is 18.4 Å². The predicted octanol–water partition coefficient (Wildman–Crippen LogP) is 0.997. The summed E-state index contributed by atoms with van der Waals surface area (Å²) in [6.45, 7) is 7.01. The second-order valence-corrected chi connectivity index (χ2v) is 3.75. The number of amides is 1. The predicted molar refractivity (Wildman–Crippen MR) is 53.6 cm³/mol. The maximum absolute atomic E-state index is 11.6. The summed E-state index contributed by atoms with van der Waals surface area (Å²) in [4.78, 5) is 13.6. The van der Waals surface area contributed by atoms with E-state index in [1.54, 1.807) is 0 Å². The highest BCUT2D eigenvalue weighted by molar-refractivity contribution is 5.77. The van der Waals surface area contributed by atoms with Gasteiger partial charge < -0.3 is 10.2 Å². The van der Waals surface area contributed by atoms with E-state index in [2.05, 4.69) is 19.2 Å². The van der Waals surface area contributed by atoms with E-state index in [0.717, 1.165) is 19.6 Å². The highest BCUT2D eigenvalue weighted by Gasteiger charge is 2.19. The van der Waals surface area contributed by atoms with Crippen LogP contribution >= 0.6 is 0 Å². The minimum atomic E-state index is 0.311. The average molecular weight is 184 g/mol. The summed E-state index contributed by atoms with van der Waals surface area (Å²) in [5.74, 6) is 0.311. The smallest absolute Gasteiger partial charge is 0.224 e. The van der Waals surface area contributed by atoms with Crippen LogP contribution in [0.2, 0.25) is 0 Å². The molecule has 0 aromatic rings. The zero-order valence-electron chi connectivity index (χ0n) is 8.68. The van der Waals surface area contributed by atoms with Crippen molar-refractivity contribution in [3.63, 3.8) is 0 Å². The third kappa shape index (κ3) is 3.35. The quantitative estimate of drug-likeness (QED) is 0.707. The third-order valence-corrected chi connectivity index (χ3v) is 2.49. The summed E-state index contributed by atoms with van der Waals surface area (Å²) >= 11 is 0. The van der Waals surface area contributed by atoms with Crippen LogP contribution < -0.4 is 5.32 Å². The number of nitrogens with zero attached hydrogens (tertiary/aromatic N) is 1. The molecule has 0 bridgehead atoms. The van der Waals surface area contributed by atoms with E-state index in [4.69, 9.17) is 0 Å². The Balaban J connectivity index is 2.23. The van der Waals surface area contributed by atoms with E-state index in [1.165, 1.54) is 12.8 Å².